The maximum atomic E-state index is 11.7. The lowest BCUT2D eigenvalue weighted by Gasteiger charge is -2.25. The summed E-state index contributed by atoms with van der Waals surface area (Å²) in [5.74, 6) is -0.875. The van der Waals surface area contributed by atoms with Crippen molar-refractivity contribution in [3.63, 3.8) is 0 Å². The van der Waals surface area contributed by atoms with Gasteiger partial charge in [-0.05, 0) is 24.3 Å². The van der Waals surface area contributed by atoms with Crippen LogP contribution in [0.15, 0.2) is 42.5 Å². The van der Waals surface area contributed by atoms with E-state index in [1.165, 1.54) is 16.6 Å². The normalized spacial score (nSPS) is 14.9. The maximum absolute atomic E-state index is 11.7. The summed E-state index contributed by atoms with van der Waals surface area (Å²) in [7, 11) is 6.16. The Balaban J connectivity index is 2.21. The number of benzene rings is 2. The van der Waals surface area contributed by atoms with Crippen LogP contribution in [-0.4, -0.2) is 29.7 Å². The topological polar surface area (TPSA) is 42.2 Å². The van der Waals surface area contributed by atoms with Crippen LogP contribution in [0.1, 0.15) is 10.4 Å². The summed E-state index contributed by atoms with van der Waals surface area (Å²) in [5, 5.41) is 10.7. The number of carboxylic acid groups (broad SMARTS) is 1. The lowest BCUT2D eigenvalue weighted by molar-refractivity contribution is 0.0696. The fourth-order valence-corrected chi connectivity index (χ4v) is 3.87. The first-order valence-corrected chi connectivity index (χ1v) is 7.24. The molecule has 1 aromatic heterocycles. The summed E-state index contributed by atoms with van der Waals surface area (Å²) in [6.07, 6.45) is 0. The molecule has 4 heteroatoms. The van der Waals surface area contributed by atoms with Gasteiger partial charge in [0.25, 0.3) is 0 Å². The number of fused-ring (bicyclic) bond motifs is 5. The van der Waals surface area contributed by atoms with Crippen molar-refractivity contribution in [3.8, 4) is 11.3 Å². The van der Waals surface area contributed by atoms with Crippen LogP contribution in [0.4, 0.5) is 11.4 Å². The quantitative estimate of drug-likeness (QED) is 0.694. The molecule has 1 N–H and O–H groups in total. The Morgan fingerprint density at radius 2 is 1.77 bits per heavy atom. The lowest BCUT2D eigenvalue weighted by Crippen LogP contribution is -2.33. The predicted molar refractivity (Wildman–Crippen MR) is 88.6 cm³/mol. The number of para-hydroxylation sites is 2. The molecule has 0 saturated carbocycles. The largest absolute Gasteiger partial charge is 0.477 e. The highest BCUT2D eigenvalue weighted by Gasteiger charge is 2.44. The number of hydrogen-bond donors (Lipinski definition) is 1. The average molecular weight is 293 g/mol. The van der Waals surface area contributed by atoms with E-state index in [-0.39, 0.29) is 0 Å². The van der Waals surface area contributed by atoms with Gasteiger partial charge in [-0.25, -0.2) is 4.79 Å². The first-order valence-electron chi connectivity index (χ1n) is 7.24. The van der Waals surface area contributed by atoms with Crippen molar-refractivity contribution >= 4 is 28.2 Å². The molecule has 0 unspecified atom stereocenters. The van der Waals surface area contributed by atoms with Crippen LogP contribution in [-0.2, 0) is 7.05 Å². The van der Waals surface area contributed by atoms with Gasteiger partial charge in [0.2, 0.25) is 0 Å². The number of nitrogens with zero attached hydrogens (tertiary/aromatic N) is 2. The van der Waals surface area contributed by atoms with E-state index in [0.717, 1.165) is 16.9 Å². The third-order valence-corrected chi connectivity index (χ3v) is 4.72. The number of carboxylic acids is 1. The Morgan fingerprint density at radius 1 is 1.05 bits per heavy atom. The first-order chi connectivity index (χ1) is 10.4. The van der Waals surface area contributed by atoms with E-state index in [1.807, 2.05) is 31.3 Å². The van der Waals surface area contributed by atoms with Crippen LogP contribution in [0.2, 0.25) is 0 Å². The average Bonchev–Trinajstić information content (AvgIpc) is 2.92. The van der Waals surface area contributed by atoms with E-state index in [4.69, 9.17) is 0 Å². The minimum absolute atomic E-state index is 0.378. The van der Waals surface area contributed by atoms with Crippen molar-refractivity contribution in [2.75, 3.05) is 14.1 Å². The van der Waals surface area contributed by atoms with E-state index in [2.05, 4.69) is 30.8 Å². The number of carbonyl (C=O) groups is 1. The number of quaternary nitrogens is 1. The zero-order chi connectivity index (χ0) is 15.6. The van der Waals surface area contributed by atoms with E-state index < -0.39 is 5.97 Å². The zero-order valence-electron chi connectivity index (χ0n) is 12.8. The smallest absolute Gasteiger partial charge is 0.341 e. The molecule has 0 fully saturated rings. The standard InChI is InChI=1S/C18H16N2O2/c1-19-14-10-5-4-7-11(14)17-15(19)12-8-6-9-13(18(21)22)16(12)20(17,2)3/h4-10H,1-3H3/p+1. The van der Waals surface area contributed by atoms with Crippen molar-refractivity contribution in [2.45, 2.75) is 0 Å². The zero-order valence-corrected chi connectivity index (χ0v) is 12.8. The van der Waals surface area contributed by atoms with Crippen LogP contribution in [0.3, 0.4) is 0 Å². The van der Waals surface area contributed by atoms with Gasteiger partial charge in [-0.3, -0.25) is 4.48 Å². The second-order valence-corrected chi connectivity index (χ2v) is 6.23. The van der Waals surface area contributed by atoms with Crippen LogP contribution in [0.25, 0.3) is 22.2 Å². The second kappa shape index (κ2) is 3.99. The number of rotatable bonds is 1. The highest BCUT2D eigenvalue weighted by molar-refractivity contribution is 6.12. The molecule has 1 aliphatic heterocycles. The van der Waals surface area contributed by atoms with E-state index in [9.17, 15) is 9.90 Å². The molecule has 4 rings (SSSR count). The Bertz CT molecular complexity index is 951. The number of hydrogen-bond acceptors (Lipinski definition) is 1. The van der Waals surface area contributed by atoms with Gasteiger partial charge in [0.1, 0.15) is 11.3 Å². The van der Waals surface area contributed by atoms with Gasteiger partial charge < -0.3 is 9.67 Å². The molecule has 2 heterocycles. The minimum atomic E-state index is -0.875. The molecule has 1 aliphatic rings. The lowest BCUT2D eigenvalue weighted by atomic mass is 10.1. The summed E-state index contributed by atoms with van der Waals surface area (Å²) in [5.41, 5.74) is 5.71. The van der Waals surface area contributed by atoms with Gasteiger partial charge in [0.15, 0.2) is 11.4 Å². The van der Waals surface area contributed by atoms with Crippen LogP contribution < -0.4 is 4.48 Å². The van der Waals surface area contributed by atoms with Crippen molar-refractivity contribution in [3.05, 3.63) is 48.0 Å². The molecule has 4 nitrogen and oxygen atoms in total. The molecule has 3 aromatic rings. The molecular weight excluding hydrogens is 276 g/mol. The van der Waals surface area contributed by atoms with E-state index in [0.29, 0.717) is 10.0 Å². The maximum Gasteiger partial charge on any atom is 0.341 e. The molecular formula is C18H17N2O2+. The number of aryl methyl sites for hydroxylation is 1. The summed E-state index contributed by atoms with van der Waals surface area (Å²) in [6.45, 7) is 0. The van der Waals surface area contributed by atoms with Crippen molar-refractivity contribution in [1.82, 2.24) is 9.05 Å². The van der Waals surface area contributed by atoms with Crippen LogP contribution in [0.5, 0.6) is 0 Å². The van der Waals surface area contributed by atoms with Crippen molar-refractivity contribution in [1.29, 1.82) is 0 Å². The van der Waals surface area contributed by atoms with Gasteiger partial charge in [0, 0.05) is 7.05 Å². The molecule has 110 valence electrons. The van der Waals surface area contributed by atoms with Gasteiger partial charge in [-0.15, -0.1) is 0 Å². The molecule has 0 saturated heterocycles. The second-order valence-electron chi connectivity index (χ2n) is 6.23. The Kier molecular flexibility index (Phi) is 2.37. The highest BCUT2D eigenvalue weighted by atomic mass is 16.4. The van der Waals surface area contributed by atoms with Gasteiger partial charge in [-0.1, -0.05) is 18.2 Å². The van der Waals surface area contributed by atoms with E-state index >= 15 is 0 Å². The summed E-state index contributed by atoms with van der Waals surface area (Å²) in [6, 6.07) is 13.8. The molecule has 0 spiro atoms. The molecule has 22 heavy (non-hydrogen) atoms. The summed E-state index contributed by atoms with van der Waals surface area (Å²) < 4.78 is 2.62. The SMILES string of the molecule is Cn1c2c(c3ccccc31)[N+](C)(C)c1c(C(=O)O)cccc1-2. The highest BCUT2D eigenvalue weighted by Crippen LogP contribution is 2.55. The van der Waals surface area contributed by atoms with E-state index in [1.54, 1.807) is 6.07 Å². The molecule has 0 aliphatic carbocycles. The molecule has 0 atom stereocenters. The Labute approximate surface area is 128 Å². The molecule has 0 amide bonds. The monoisotopic (exact) mass is 293 g/mol. The number of aromatic nitrogens is 1. The third kappa shape index (κ3) is 1.37. The van der Waals surface area contributed by atoms with Crippen molar-refractivity contribution in [2.24, 2.45) is 7.05 Å². The predicted octanol–water partition coefficient (Wildman–Crippen LogP) is 3.76. The third-order valence-electron chi connectivity index (χ3n) is 4.72. The number of aromatic carboxylic acids is 1. The minimum Gasteiger partial charge on any atom is -0.477 e. The fourth-order valence-electron chi connectivity index (χ4n) is 3.87. The Morgan fingerprint density at radius 3 is 2.50 bits per heavy atom. The first kappa shape index (κ1) is 13.1. The molecule has 0 bridgehead atoms. The molecule has 2 aromatic carbocycles. The van der Waals surface area contributed by atoms with Gasteiger partial charge in [-0.2, -0.15) is 0 Å². The summed E-state index contributed by atoms with van der Waals surface area (Å²) >= 11 is 0. The summed E-state index contributed by atoms with van der Waals surface area (Å²) in [4.78, 5) is 11.7. The fraction of sp³-hybridized carbons (Fsp3) is 0.167. The van der Waals surface area contributed by atoms with Gasteiger partial charge >= 0.3 is 5.97 Å². The Hall–Kier alpha value is -2.59. The van der Waals surface area contributed by atoms with Gasteiger partial charge in [0.05, 0.1) is 30.6 Å². The van der Waals surface area contributed by atoms with Crippen LogP contribution >= 0.6 is 0 Å². The molecule has 0 radical (unpaired) electrons. The van der Waals surface area contributed by atoms with Crippen molar-refractivity contribution < 1.29 is 9.90 Å². The van der Waals surface area contributed by atoms with Crippen LogP contribution in [0, 0.1) is 0 Å².